The Morgan fingerprint density at radius 1 is 0.293 bits per heavy atom. The van der Waals surface area contributed by atoms with Gasteiger partial charge in [0.05, 0.1) is 19.5 Å². The topological polar surface area (TPSA) is 25.8 Å². The van der Waals surface area contributed by atoms with Crippen molar-refractivity contribution in [1.29, 1.82) is 0 Å². The third kappa shape index (κ3) is 6.59. The zero-order valence-electron chi connectivity index (χ0n) is 25.8. The summed E-state index contributed by atoms with van der Waals surface area (Å²) in [5.41, 5.74) is 0. The standard InChI is InChI=1S/C26H6F26N2S4/c27-15(28,17(31,32)19(35,36)21(39,40)23(43,44)25(47,48)49)11-3-1-7(55-11)9-5-53-13(57-9)14-54-6-10(58-14)8-2-4-12(56-8)16(29,30)18(33,34)20(37,38)22(41,42)24(45,46)26(50,51)52/h1-6H. The third-order valence-corrected chi connectivity index (χ3v) is 12.2. The molecule has 0 aromatic carbocycles. The van der Waals surface area contributed by atoms with Gasteiger partial charge in [-0.15, -0.1) is 45.3 Å². The first kappa shape index (κ1) is 47.5. The van der Waals surface area contributed by atoms with Crippen molar-refractivity contribution in [2.24, 2.45) is 0 Å². The molecule has 0 fully saturated rings. The van der Waals surface area contributed by atoms with E-state index in [1.54, 1.807) is 0 Å². The van der Waals surface area contributed by atoms with Gasteiger partial charge in [-0.05, 0) is 24.3 Å². The van der Waals surface area contributed by atoms with Gasteiger partial charge in [0.25, 0.3) is 0 Å². The van der Waals surface area contributed by atoms with Crippen LogP contribution in [0, 0.1) is 0 Å². The fourth-order valence-electron chi connectivity index (χ4n) is 4.10. The Kier molecular flexibility index (Phi) is 11.2. The van der Waals surface area contributed by atoms with Crippen LogP contribution in [0.15, 0.2) is 36.7 Å². The van der Waals surface area contributed by atoms with Gasteiger partial charge in [-0.25, -0.2) is 9.97 Å². The van der Waals surface area contributed by atoms with E-state index >= 15 is 0 Å². The van der Waals surface area contributed by atoms with Gasteiger partial charge >= 0.3 is 71.6 Å². The molecule has 0 radical (unpaired) electrons. The number of thiazole rings is 2. The molecule has 0 amide bonds. The highest BCUT2D eigenvalue weighted by Gasteiger charge is 2.92. The van der Waals surface area contributed by atoms with Crippen LogP contribution in [0.2, 0.25) is 0 Å². The van der Waals surface area contributed by atoms with Crippen molar-refractivity contribution in [3.63, 3.8) is 0 Å². The van der Waals surface area contributed by atoms with Crippen molar-refractivity contribution in [3.8, 4) is 29.5 Å². The molecule has 0 aliphatic rings. The summed E-state index contributed by atoms with van der Waals surface area (Å²) in [6, 6.07) is 0.582. The van der Waals surface area contributed by atoms with Crippen molar-refractivity contribution >= 4 is 45.3 Å². The lowest BCUT2D eigenvalue weighted by Gasteiger charge is -2.39. The molecule has 0 N–H and O–H groups in total. The van der Waals surface area contributed by atoms with E-state index in [1.807, 2.05) is 0 Å². The molecule has 0 bridgehead atoms. The summed E-state index contributed by atoms with van der Waals surface area (Å²) in [5.74, 6) is -76.7. The Balaban J connectivity index is 1.60. The number of hydrogen-bond donors (Lipinski definition) is 0. The van der Waals surface area contributed by atoms with Crippen LogP contribution in [0.3, 0.4) is 0 Å². The maximum Gasteiger partial charge on any atom is 0.460 e. The van der Waals surface area contributed by atoms with Crippen LogP contribution < -0.4 is 0 Å². The Labute approximate surface area is 316 Å². The molecule has 0 atom stereocenters. The van der Waals surface area contributed by atoms with Gasteiger partial charge in [0.15, 0.2) is 10.0 Å². The SMILES string of the molecule is FC(F)(F)C(F)(F)C(F)(F)C(F)(F)C(F)(F)C(F)(F)c1ccc(-c2cnc(-c3ncc(-c4ccc(C(F)(F)C(F)(F)C(F)(F)C(F)(F)C(F)(F)C(F)(F)F)s4)s3)s2)s1. The zero-order valence-corrected chi connectivity index (χ0v) is 29.1. The van der Waals surface area contributed by atoms with Gasteiger partial charge in [0.1, 0.15) is 0 Å². The van der Waals surface area contributed by atoms with E-state index in [9.17, 15) is 114 Å². The van der Waals surface area contributed by atoms with Gasteiger partial charge in [-0.1, -0.05) is 0 Å². The molecule has 0 aliphatic carbocycles. The van der Waals surface area contributed by atoms with E-state index in [1.165, 1.54) is 0 Å². The van der Waals surface area contributed by atoms with Gasteiger partial charge in [-0.2, -0.15) is 114 Å². The number of aromatic nitrogens is 2. The Bertz CT molecular complexity index is 1960. The fourth-order valence-corrected chi connectivity index (χ4v) is 8.14. The number of halogens is 26. The predicted molar refractivity (Wildman–Crippen MR) is 149 cm³/mol. The Hall–Kier alpha value is -3.16. The van der Waals surface area contributed by atoms with E-state index < -0.39 is 124 Å². The molecule has 326 valence electrons. The normalized spacial score (nSPS) is 15.4. The van der Waals surface area contributed by atoms with Gasteiger partial charge < -0.3 is 0 Å². The van der Waals surface area contributed by atoms with Crippen LogP contribution in [-0.2, 0) is 11.8 Å². The zero-order chi connectivity index (χ0) is 45.1. The average molecular weight is 969 g/mol. The number of nitrogens with zero attached hydrogens (tertiary/aromatic N) is 2. The monoisotopic (exact) mass is 968 g/mol. The predicted octanol–water partition coefficient (Wildman–Crippen LogP) is 14.1. The number of thiophene rings is 2. The minimum atomic E-state index is -8.15. The molecule has 0 unspecified atom stereocenters. The van der Waals surface area contributed by atoms with Gasteiger partial charge in [0.2, 0.25) is 0 Å². The van der Waals surface area contributed by atoms with Crippen LogP contribution in [-0.4, -0.2) is 69.7 Å². The first-order valence-electron chi connectivity index (χ1n) is 13.7. The highest BCUT2D eigenvalue weighted by molar-refractivity contribution is 7.28. The summed E-state index contributed by atoms with van der Waals surface area (Å²) >= 11 is -0.565. The first-order chi connectivity index (χ1) is 25.6. The second kappa shape index (κ2) is 13.7. The summed E-state index contributed by atoms with van der Waals surface area (Å²) in [5, 5.41) is -0.722. The Morgan fingerprint density at radius 3 is 0.810 bits per heavy atom. The van der Waals surface area contributed by atoms with Crippen molar-refractivity contribution < 1.29 is 114 Å². The summed E-state index contributed by atoms with van der Waals surface area (Å²) in [6.45, 7) is 0. The van der Waals surface area contributed by atoms with Crippen molar-refractivity contribution in [2.75, 3.05) is 0 Å². The first-order valence-corrected chi connectivity index (χ1v) is 16.9. The van der Waals surface area contributed by atoms with E-state index in [4.69, 9.17) is 0 Å². The maximum atomic E-state index is 14.6. The molecule has 4 heterocycles. The molecule has 0 saturated carbocycles. The molecule has 4 rings (SSSR count). The number of rotatable bonds is 13. The minimum Gasteiger partial charge on any atom is -0.241 e. The van der Waals surface area contributed by atoms with E-state index in [0.29, 0.717) is 47.2 Å². The minimum absolute atomic E-state index is 0.128. The van der Waals surface area contributed by atoms with Crippen LogP contribution in [0.4, 0.5) is 114 Å². The van der Waals surface area contributed by atoms with E-state index in [2.05, 4.69) is 9.97 Å². The summed E-state index contributed by atoms with van der Waals surface area (Å²) in [4.78, 5) is 0.683. The average Bonchev–Trinajstić information content (AvgIpc) is 3.89. The lowest BCUT2D eigenvalue weighted by molar-refractivity contribution is -0.441. The highest BCUT2D eigenvalue weighted by atomic mass is 32.1. The van der Waals surface area contributed by atoms with Crippen molar-refractivity contribution in [3.05, 3.63) is 46.4 Å². The summed E-state index contributed by atoms with van der Waals surface area (Å²) < 4.78 is 352. The second-order valence-corrected chi connectivity index (χ2v) is 15.4. The fraction of sp³-hybridized carbons (Fsp3) is 0.462. The van der Waals surface area contributed by atoms with Crippen LogP contribution >= 0.6 is 45.3 Å². The number of alkyl halides is 26. The lowest BCUT2D eigenvalue weighted by atomic mass is 9.93. The van der Waals surface area contributed by atoms with E-state index in [0.717, 1.165) is 0 Å². The van der Waals surface area contributed by atoms with Gasteiger partial charge in [-0.3, -0.25) is 0 Å². The largest absolute Gasteiger partial charge is 0.460 e. The molecule has 32 heteroatoms. The van der Waals surface area contributed by atoms with Crippen LogP contribution in [0.25, 0.3) is 29.5 Å². The molecule has 0 aliphatic heterocycles. The molecular weight excluding hydrogens is 963 g/mol. The summed E-state index contributed by atoms with van der Waals surface area (Å²) in [7, 11) is 0. The molecule has 4 aromatic heterocycles. The molecule has 2 nitrogen and oxygen atoms in total. The summed E-state index contributed by atoms with van der Waals surface area (Å²) in [6.07, 6.45) is -13.9. The molecule has 0 saturated heterocycles. The van der Waals surface area contributed by atoms with Crippen LogP contribution in [0.5, 0.6) is 0 Å². The molecular formula is C26H6F26N2S4. The third-order valence-electron chi connectivity index (χ3n) is 7.38. The quantitative estimate of drug-likeness (QED) is 0.125. The van der Waals surface area contributed by atoms with E-state index in [-0.39, 0.29) is 22.1 Å². The lowest BCUT2D eigenvalue weighted by Crippen LogP contribution is -2.69. The molecule has 0 spiro atoms. The molecule has 4 aromatic rings. The van der Waals surface area contributed by atoms with Crippen molar-refractivity contribution in [2.45, 2.75) is 71.6 Å². The number of hydrogen-bond acceptors (Lipinski definition) is 6. The smallest absolute Gasteiger partial charge is 0.241 e. The van der Waals surface area contributed by atoms with Crippen LogP contribution in [0.1, 0.15) is 9.75 Å². The maximum absolute atomic E-state index is 14.6. The Morgan fingerprint density at radius 2 is 0.552 bits per heavy atom. The second-order valence-electron chi connectivity index (χ2n) is 11.1. The van der Waals surface area contributed by atoms with Crippen molar-refractivity contribution in [1.82, 2.24) is 9.97 Å². The van der Waals surface area contributed by atoms with Gasteiger partial charge in [0, 0.05) is 22.1 Å². The highest BCUT2D eigenvalue weighted by Crippen LogP contribution is 2.64. The molecule has 58 heavy (non-hydrogen) atoms.